The molecule has 4 rings (SSSR count). The number of rotatable bonds is 7. The van der Waals surface area contributed by atoms with Gasteiger partial charge < -0.3 is 19.3 Å². The molecule has 2 heterocycles. The first-order valence-corrected chi connectivity index (χ1v) is 10.6. The fraction of sp³-hybridized carbons (Fsp3) is 0.292. The van der Waals surface area contributed by atoms with Crippen LogP contribution in [0.25, 0.3) is 17.0 Å². The Morgan fingerprint density at radius 1 is 1.12 bits per heavy atom. The SMILES string of the molecule is CCOc1ccc(C2NC(=O)N(CC)C(C)=C2c2nc(-c3cccc(OC)c3)no2)cc1. The van der Waals surface area contributed by atoms with E-state index < -0.39 is 6.04 Å². The molecule has 2 amide bonds. The van der Waals surface area contributed by atoms with Gasteiger partial charge in [-0.3, -0.25) is 4.90 Å². The van der Waals surface area contributed by atoms with Gasteiger partial charge in [-0.15, -0.1) is 0 Å². The second kappa shape index (κ2) is 9.13. The number of nitrogens with one attached hydrogen (secondary N) is 1. The molecule has 2 aromatic carbocycles. The van der Waals surface area contributed by atoms with E-state index >= 15 is 0 Å². The van der Waals surface area contributed by atoms with Gasteiger partial charge in [0.1, 0.15) is 11.5 Å². The van der Waals surface area contributed by atoms with E-state index in [-0.39, 0.29) is 6.03 Å². The van der Waals surface area contributed by atoms with Crippen molar-refractivity contribution in [3.63, 3.8) is 0 Å². The second-order valence-electron chi connectivity index (χ2n) is 7.28. The molecule has 0 radical (unpaired) electrons. The molecule has 8 heteroatoms. The van der Waals surface area contributed by atoms with Crippen LogP contribution in [0.4, 0.5) is 4.79 Å². The number of benzene rings is 2. The van der Waals surface area contributed by atoms with Crippen molar-refractivity contribution in [1.29, 1.82) is 0 Å². The Hall–Kier alpha value is -3.81. The van der Waals surface area contributed by atoms with Crippen LogP contribution < -0.4 is 14.8 Å². The third-order valence-electron chi connectivity index (χ3n) is 5.42. The predicted octanol–water partition coefficient (Wildman–Crippen LogP) is 4.66. The highest BCUT2D eigenvalue weighted by molar-refractivity contribution is 5.86. The number of hydrogen-bond acceptors (Lipinski definition) is 6. The maximum absolute atomic E-state index is 12.7. The third-order valence-corrected chi connectivity index (χ3v) is 5.42. The lowest BCUT2D eigenvalue weighted by atomic mass is 9.94. The van der Waals surface area contributed by atoms with Crippen molar-refractivity contribution >= 4 is 11.6 Å². The van der Waals surface area contributed by atoms with E-state index in [2.05, 4.69) is 15.5 Å². The Morgan fingerprint density at radius 3 is 2.59 bits per heavy atom. The highest BCUT2D eigenvalue weighted by Crippen LogP contribution is 2.37. The number of amides is 2. The Bertz CT molecular complexity index is 1140. The van der Waals surface area contributed by atoms with Crippen molar-refractivity contribution in [1.82, 2.24) is 20.4 Å². The highest BCUT2D eigenvalue weighted by atomic mass is 16.5. The number of methoxy groups -OCH3 is 1. The largest absolute Gasteiger partial charge is 0.497 e. The molecule has 1 aliphatic heterocycles. The number of aromatic nitrogens is 2. The molecule has 8 nitrogen and oxygen atoms in total. The monoisotopic (exact) mass is 434 g/mol. The summed E-state index contributed by atoms with van der Waals surface area (Å²) in [6, 6.07) is 14.5. The van der Waals surface area contributed by atoms with Crippen LogP contribution in [0.3, 0.4) is 0 Å². The van der Waals surface area contributed by atoms with Crippen LogP contribution in [-0.2, 0) is 0 Å². The molecule has 32 heavy (non-hydrogen) atoms. The number of nitrogens with zero attached hydrogens (tertiary/aromatic N) is 3. The van der Waals surface area contributed by atoms with Crippen LogP contribution >= 0.6 is 0 Å². The smallest absolute Gasteiger partial charge is 0.322 e. The van der Waals surface area contributed by atoms with Crippen LogP contribution in [0.1, 0.15) is 38.3 Å². The maximum atomic E-state index is 12.7. The summed E-state index contributed by atoms with van der Waals surface area (Å²) in [7, 11) is 1.61. The van der Waals surface area contributed by atoms with Gasteiger partial charge in [0, 0.05) is 17.8 Å². The Morgan fingerprint density at radius 2 is 1.91 bits per heavy atom. The standard InChI is InChI=1S/C24H26N4O4/c1-5-28-15(3)20(21(25-24(28)29)16-10-12-18(13-11-16)31-6-2)23-26-22(27-32-23)17-8-7-9-19(14-17)30-4/h7-14,21H,5-6H2,1-4H3,(H,25,29). The summed E-state index contributed by atoms with van der Waals surface area (Å²) in [4.78, 5) is 19.1. The zero-order chi connectivity index (χ0) is 22.7. The topological polar surface area (TPSA) is 89.7 Å². The fourth-order valence-electron chi connectivity index (χ4n) is 3.82. The van der Waals surface area contributed by atoms with Gasteiger partial charge in [0.2, 0.25) is 5.82 Å². The molecule has 1 N–H and O–H groups in total. The lowest BCUT2D eigenvalue weighted by Gasteiger charge is -2.34. The van der Waals surface area contributed by atoms with E-state index in [9.17, 15) is 4.79 Å². The zero-order valence-corrected chi connectivity index (χ0v) is 18.6. The first-order chi connectivity index (χ1) is 15.5. The molecule has 3 aromatic rings. The summed E-state index contributed by atoms with van der Waals surface area (Å²) in [5.41, 5.74) is 3.21. The van der Waals surface area contributed by atoms with Crippen LogP contribution in [0.5, 0.6) is 11.5 Å². The molecular weight excluding hydrogens is 408 g/mol. The number of carbonyl (C=O) groups excluding carboxylic acids is 1. The summed E-state index contributed by atoms with van der Waals surface area (Å²) >= 11 is 0. The number of hydrogen-bond donors (Lipinski definition) is 1. The average molecular weight is 434 g/mol. The minimum atomic E-state index is -0.431. The Kier molecular flexibility index (Phi) is 6.11. The van der Waals surface area contributed by atoms with Crippen LogP contribution in [0, 0.1) is 0 Å². The highest BCUT2D eigenvalue weighted by Gasteiger charge is 2.35. The maximum Gasteiger partial charge on any atom is 0.322 e. The fourth-order valence-corrected chi connectivity index (χ4v) is 3.82. The summed E-state index contributed by atoms with van der Waals surface area (Å²) in [6.07, 6.45) is 0. The van der Waals surface area contributed by atoms with Crippen LogP contribution in [0.15, 0.2) is 58.8 Å². The predicted molar refractivity (Wildman–Crippen MR) is 120 cm³/mol. The van der Waals surface area contributed by atoms with Gasteiger partial charge in [-0.05, 0) is 50.6 Å². The average Bonchev–Trinajstić information content (AvgIpc) is 3.29. The van der Waals surface area contributed by atoms with Gasteiger partial charge in [-0.1, -0.05) is 29.4 Å². The van der Waals surface area contributed by atoms with Gasteiger partial charge in [0.05, 0.1) is 25.3 Å². The van der Waals surface area contributed by atoms with E-state index in [1.165, 1.54) is 0 Å². The number of ether oxygens (including phenoxy) is 2. The molecular formula is C24H26N4O4. The molecule has 0 bridgehead atoms. The molecule has 166 valence electrons. The van der Waals surface area contributed by atoms with Crippen molar-refractivity contribution in [3.05, 3.63) is 65.7 Å². The quantitative estimate of drug-likeness (QED) is 0.582. The molecule has 1 unspecified atom stereocenters. The van der Waals surface area contributed by atoms with Crippen molar-refractivity contribution in [2.24, 2.45) is 0 Å². The van der Waals surface area contributed by atoms with E-state index in [4.69, 9.17) is 14.0 Å². The summed E-state index contributed by atoms with van der Waals surface area (Å²) < 4.78 is 16.5. The molecule has 0 spiro atoms. The van der Waals surface area contributed by atoms with Crippen molar-refractivity contribution < 1.29 is 18.8 Å². The molecule has 0 aliphatic carbocycles. The normalized spacial score (nSPS) is 16.2. The lowest BCUT2D eigenvalue weighted by molar-refractivity contribution is 0.207. The lowest BCUT2D eigenvalue weighted by Crippen LogP contribution is -2.45. The first-order valence-electron chi connectivity index (χ1n) is 10.6. The summed E-state index contributed by atoms with van der Waals surface area (Å²) in [6.45, 7) is 6.87. The molecule has 0 fully saturated rings. The first kappa shape index (κ1) is 21.4. The molecule has 0 saturated carbocycles. The van der Waals surface area contributed by atoms with Gasteiger partial charge in [0.15, 0.2) is 0 Å². The van der Waals surface area contributed by atoms with Crippen molar-refractivity contribution in [3.8, 4) is 22.9 Å². The Labute approximate surface area is 186 Å². The molecule has 1 aliphatic rings. The minimum Gasteiger partial charge on any atom is -0.497 e. The molecule has 0 saturated heterocycles. The van der Waals surface area contributed by atoms with E-state index in [1.54, 1.807) is 12.0 Å². The summed E-state index contributed by atoms with van der Waals surface area (Å²) in [5.74, 6) is 2.29. The van der Waals surface area contributed by atoms with Gasteiger partial charge in [0.25, 0.3) is 5.89 Å². The van der Waals surface area contributed by atoms with Gasteiger partial charge >= 0.3 is 6.03 Å². The number of urea groups is 1. The second-order valence-corrected chi connectivity index (χ2v) is 7.28. The Balaban J connectivity index is 1.76. The van der Waals surface area contributed by atoms with E-state index in [0.717, 1.165) is 28.1 Å². The number of carbonyl (C=O) groups is 1. The molecule has 1 atom stereocenters. The molecule has 1 aromatic heterocycles. The summed E-state index contributed by atoms with van der Waals surface area (Å²) in [5, 5.41) is 7.25. The van der Waals surface area contributed by atoms with E-state index in [1.807, 2.05) is 69.3 Å². The van der Waals surface area contributed by atoms with Crippen molar-refractivity contribution in [2.75, 3.05) is 20.3 Å². The van der Waals surface area contributed by atoms with Crippen LogP contribution in [-0.4, -0.2) is 41.3 Å². The third kappa shape index (κ3) is 4.03. The van der Waals surface area contributed by atoms with Gasteiger partial charge in [-0.2, -0.15) is 4.98 Å². The van der Waals surface area contributed by atoms with E-state index in [0.29, 0.717) is 30.6 Å². The minimum absolute atomic E-state index is 0.167. The zero-order valence-electron chi connectivity index (χ0n) is 18.6. The van der Waals surface area contributed by atoms with Crippen molar-refractivity contribution in [2.45, 2.75) is 26.8 Å². The number of allylic oxidation sites excluding steroid dienone is 1. The van der Waals surface area contributed by atoms with Crippen LogP contribution in [0.2, 0.25) is 0 Å². The van der Waals surface area contributed by atoms with Gasteiger partial charge in [-0.25, -0.2) is 4.79 Å².